The van der Waals surface area contributed by atoms with Gasteiger partial charge in [-0.3, -0.25) is 0 Å². The molecule has 0 aromatic heterocycles. The molecule has 0 aliphatic carbocycles. The van der Waals surface area contributed by atoms with Crippen LogP contribution in [0.3, 0.4) is 0 Å². The number of aromatic hydroxyl groups is 1. The molecule has 2 rings (SSSR count). The monoisotopic (exact) mass is 368 g/mol. The van der Waals surface area contributed by atoms with Crippen molar-refractivity contribution >= 4 is 37.8 Å². The molecule has 1 atom stereocenters. The van der Waals surface area contributed by atoms with E-state index in [1.165, 1.54) is 13.2 Å². The van der Waals surface area contributed by atoms with Gasteiger partial charge in [0, 0.05) is 10.6 Å². The molecule has 1 N–H and O–H groups in total. The predicted molar refractivity (Wildman–Crippen MR) is 80.3 cm³/mol. The van der Waals surface area contributed by atoms with Crippen LogP contribution in [0, 0.1) is 5.82 Å². The Morgan fingerprint density at radius 3 is 2.30 bits per heavy atom. The Hall–Kier alpha value is -0.306. The van der Waals surface area contributed by atoms with Gasteiger partial charge in [-0.15, -0.1) is 0 Å². The molecule has 7 heteroatoms. The minimum atomic E-state index is -0.556. The molecule has 106 valence electrons. The summed E-state index contributed by atoms with van der Waals surface area (Å²) in [5.41, 5.74) is 0. The third kappa shape index (κ3) is 5.23. The van der Waals surface area contributed by atoms with E-state index in [1.807, 2.05) is 0 Å². The molecule has 2 nitrogen and oxygen atoms in total. The van der Waals surface area contributed by atoms with Crippen molar-refractivity contribution in [2.45, 2.75) is 0 Å². The minimum absolute atomic E-state index is 0.0688. The number of phenols is 1. The van der Waals surface area contributed by atoms with Gasteiger partial charge in [0.25, 0.3) is 0 Å². The molecule has 0 amide bonds. The fourth-order valence-corrected chi connectivity index (χ4v) is 2.59. The fraction of sp³-hybridized carbons (Fsp3) is 0.0769. The first-order valence-corrected chi connectivity index (χ1v) is 10.8. The van der Waals surface area contributed by atoms with Gasteiger partial charge in [-0.05, 0) is 12.1 Å². The van der Waals surface area contributed by atoms with E-state index < -0.39 is 17.0 Å². The molecule has 20 heavy (non-hydrogen) atoms. The second-order valence-electron chi connectivity index (χ2n) is 3.53. The van der Waals surface area contributed by atoms with Crippen LogP contribution >= 0.6 is 27.2 Å². The zero-order chi connectivity index (χ0) is 15.0. The molecule has 1 unspecified atom stereocenters. The second kappa shape index (κ2) is 9.60. The molecule has 0 fully saturated rings. The Bertz CT molecular complexity index is 558. The van der Waals surface area contributed by atoms with Crippen LogP contribution in [0.2, 0.25) is 0 Å². The molecule has 0 radical (unpaired) electrons. The van der Waals surface area contributed by atoms with Crippen molar-refractivity contribution in [2.75, 3.05) is 7.11 Å². The number of methoxy groups -OCH3 is 1. The number of hydrogen-bond acceptors (Lipinski definition) is 2. The number of phenolic OH excluding ortho intramolecular Hbond substituents is 1. The zero-order valence-corrected chi connectivity index (χ0v) is 14.6. The van der Waals surface area contributed by atoms with Crippen LogP contribution < -0.4 is 15.3 Å². The Morgan fingerprint density at radius 1 is 1.10 bits per heavy atom. The topological polar surface area (TPSA) is 29.5 Å². The summed E-state index contributed by atoms with van der Waals surface area (Å²) in [4.78, 5) is 0. The third-order valence-electron chi connectivity index (χ3n) is 2.36. The number of halogens is 3. The van der Waals surface area contributed by atoms with Crippen molar-refractivity contribution in [2.24, 2.45) is 0 Å². The van der Waals surface area contributed by atoms with Gasteiger partial charge in [0.05, 0.1) is 7.11 Å². The number of para-hydroxylation sites is 1. The van der Waals surface area contributed by atoms with E-state index in [9.17, 15) is 9.50 Å². The molecular formula is C13H12Cl2FO2PTi. The van der Waals surface area contributed by atoms with Crippen LogP contribution in [0.4, 0.5) is 4.39 Å². The van der Waals surface area contributed by atoms with E-state index in [1.54, 1.807) is 36.4 Å². The standard InChI is InChI=1S/C13H12FO2P.2ClH.Ti/c1-16-10-6-4-8-12(13(10)15)17-11-7-3-2-5-9(11)14;;;/h2-8,15,17H,1H3;2*1H;/q;;;+2/p-2. The summed E-state index contributed by atoms with van der Waals surface area (Å²) in [6, 6.07) is 11.8. The second-order valence-corrected chi connectivity index (χ2v) is 7.44. The average Bonchev–Trinajstić information content (AvgIpc) is 2.44. The van der Waals surface area contributed by atoms with Crippen LogP contribution in [0.1, 0.15) is 0 Å². The maximum absolute atomic E-state index is 13.5. The summed E-state index contributed by atoms with van der Waals surface area (Å²) in [5, 5.41) is 11.2. The van der Waals surface area contributed by atoms with Crippen molar-refractivity contribution in [1.82, 2.24) is 0 Å². The molecule has 0 aliphatic rings. The van der Waals surface area contributed by atoms with E-state index in [0.717, 1.165) is 0 Å². The van der Waals surface area contributed by atoms with E-state index in [0.29, 0.717) is 16.4 Å². The zero-order valence-electron chi connectivity index (χ0n) is 10.5. The number of hydrogen-bond donors (Lipinski definition) is 1. The summed E-state index contributed by atoms with van der Waals surface area (Å²) < 4.78 is 18.5. The number of rotatable bonds is 3. The van der Waals surface area contributed by atoms with E-state index in [2.05, 4.69) is 0 Å². The van der Waals surface area contributed by atoms with Crippen LogP contribution in [-0.2, 0) is 17.0 Å². The Morgan fingerprint density at radius 2 is 1.70 bits per heavy atom. The van der Waals surface area contributed by atoms with Crippen molar-refractivity contribution in [3.05, 3.63) is 48.3 Å². The Labute approximate surface area is 135 Å². The van der Waals surface area contributed by atoms with E-state index >= 15 is 0 Å². The van der Waals surface area contributed by atoms with Gasteiger partial charge in [0.15, 0.2) is 11.5 Å². The van der Waals surface area contributed by atoms with Crippen LogP contribution in [-0.4, -0.2) is 12.2 Å². The van der Waals surface area contributed by atoms with Gasteiger partial charge in [0.1, 0.15) is 5.82 Å². The molecule has 2 aromatic rings. The van der Waals surface area contributed by atoms with Gasteiger partial charge in [0.2, 0.25) is 0 Å². The summed E-state index contributed by atoms with van der Waals surface area (Å²) >= 11 is -0.556. The molecule has 0 aliphatic heterocycles. The maximum atomic E-state index is 13.5. The first-order valence-electron chi connectivity index (χ1n) is 5.47. The van der Waals surface area contributed by atoms with Gasteiger partial charge in [-0.1, -0.05) is 38.9 Å². The van der Waals surface area contributed by atoms with Crippen molar-refractivity contribution < 1.29 is 31.3 Å². The van der Waals surface area contributed by atoms with Crippen LogP contribution in [0.25, 0.3) is 0 Å². The molecule has 2 aromatic carbocycles. The molecule has 0 saturated heterocycles. The van der Waals surface area contributed by atoms with Crippen LogP contribution in [0.5, 0.6) is 11.5 Å². The van der Waals surface area contributed by atoms with Crippen LogP contribution in [0.15, 0.2) is 42.5 Å². The number of ether oxygens (including phenoxy) is 1. The quantitative estimate of drug-likeness (QED) is 0.663. The van der Waals surface area contributed by atoms with Gasteiger partial charge in [-0.25, -0.2) is 4.39 Å². The summed E-state index contributed by atoms with van der Waals surface area (Å²) in [6.45, 7) is 0. The average molecular weight is 369 g/mol. The summed E-state index contributed by atoms with van der Waals surface area (Å²) in [7, 11) is 11.3. The van der Waals surface area contributed by atoms with E-state index in [-0.39, 0.29) is 20.1 Å². The number of benzene rings is 2. The van der Waals surface area contributed by atoms with Crippen molar-refractivity contribution in [3.63, 3.8) is 0 Å². The SMILES string of the molecule is COc1cccc(Pc2ccccc2F)c1O.[Cl][Ti][Cl]. The van der Waals surface area contributed by atoms with Crippen molar-refractivity contribution in [3.8, 4) is 11.5 Å². The van der Waals surface area contributed by atoms with Gasteiger partial charge < -0.3 is 9.84 Å². The van der Waals surface area contributed by atoms with Crippen molar-refractivity contribution in [1.29, 1.82) is 0 Å². The molecule has 0 saturated carbocycles. The first kappa shape index (κ1) is 17.7. The van der Waals surface area contributed by atoms with Gasteiger partial charge in [-0.2, -0.15) is 0 Å². The fourth-order valence-electron chi connectivity index (χ4n) is 1.50. The molecule has 0 heterocycles. The normalized spacial score (nSPS) is 10.0. The Kier molecular flexibility index (Phi) is 8.52. The molecule has 0 bridgehead atoms. The predicted octanol–water partition coefficient (Wildman–Crippen LogP) is 3.55. The van der Waals surface area contributed by atoms with Gasteiger partial charge >= 0.3 is 35.6 Å². The molecule has 0 spiro atoms. The van der Waals surface area contributed by atoms with E-state index in [4.69, 9.17) is 23.3 Å². The first-order chi connectivity index (χ1) is 9.63. The Balaban J connectivity index is 0.000000612. The summed E-state index contributed by atoms with van der Waals surface area (Å²) in [5.74, 6) is 0.232. The molecular weight excluding hydrogens is 357 g/mol. The summed E-state index contributed by atoms with van der Waals surface area (Å²) in [6.07, 6.45) is 0. The third-order valence-corrected chi connectivity index (χ3v) is 3.71.